The van der Waals surface area contributed by atoms with Crippen molar-refractivity contribution in [1.82, 2.24) is 15.1 Å². The molecule has 104 valence electrons. The van der Waals surface area contributed by atoms with E-state index in [4.69, 9.17) is 4.74 Å². The van der Waals surface area contributed by atoms with Crippen molar-refractivity contribution in [3.8, 4) is 0 Å². The molecule has 0 aromatic heterocycles. The summed E-state index contributed by atoms with van der Waals surface area (Å²) in [4.78, 5) is 5.15. The van der Waals surface area contributed by atoms with E-state index in [1.807, 2.05) is 0 Å². The monoisotopic (exact) mass is 253 g/mol. The topological polar surface area (TPSA) is 27.7 Å². The van der Waals surface area contributed by atoms with Crippen molar-refractivity contribution in [2.75, 3.05) is 45.9 Å². The van der Waals surface area contributed by atoms with Gasteiger partial charge in [-0.3, -0.25) is 9.80 Å². The second-order valence-electron chi connectivity index (χ2n) is 6.01. The van der Waals surface area contributed by atoms with Gasteiger partial charge < -0.3 is 10.1 Å². The Morgan fingerprint density at radius 1 is 1.17 bits per heavy atom. The summed E-state index contributed by atoms with van der Waals surface area (Å²) in [5.74, 6) is 0. The van der Waals surface area contributed by atoms with Crippen LogP contribution in [0.4, 0.5) is 0 Å². The Morgan fingerprint density at radius 2 is 2.06 bits per heavy atom. The molecule has 2 atom stereocenters. The Morgan fingerprint density at radius 3 is 2.83 bits per heavy atom. The second-order valence-corrected chi connectivity index (χ2v) is 6.01. The van der Waals surface area contributed by atoms with E-state index in [1.54, 1.807) is 0 Å². The molecule has 2 unspecified atom stereocenters. The van der Waals surface area contributed by atoms with Crippen LogP contribution in [-0.4, -0.2) is 73.9 Å². The molecule has 0 aromatic rings. The molecule has 0 bridgehead atoms. The highest BCUT2D eigenvalue weighted by Crippen LogP contribution is 2.29. The van der Waals surface area contributed by atoms with E-state index in [2.05, 4.69) is 22.0 Å². The molecule has 1 aliphatic carbocycles. The van der Waals surface area contributed by atoms with E-state index in [0.29, 0.717) is 12.1 Å². The second kappa shape index (κ2) is 5.87. The smallest absolute Gasteiger partial charge is 0.0826 e. The highest BCUT2D eigenvalue weighted by molar-refractivity contribution is 4.92. The van der Waals surface area contributed by atoms with Crippen LogP contribution in [0.2, 0.25) is 0 Å². The molecule has 4 heteroatoms. The summed E-state index contributed by atoms with van der Waals surface area (Å²) in [5.41, 5.74) is 0. The van der Waals surface area contributed by atoms with Gasteiger partial charge in [0.05, 0.1) is 12.7 Å². The maximum Gasteiger partial charge on any atom is 0.0826 e. The third kappa shape index (κ3) is 3.23. The zero-order valence-electron chi connectivity index (χ0n) is 11.6. The van der Waals surface area contributed by atoms with Gasteiger partial charge >= 0.3 is 0 Å². The van der Waals surface area contributed by atoms with Gasteiger partial charge in [-0.25, -0.2) is 0 Å². The first kappa shape index (κ1) is 12.9. The quantitative estimate of drug-likeness (QED) is 0.774. The first-order valence-electron chi connectivity index (χ1n) is 7.66. The molecule has 2 heterocycles. The number of nitrogens with zero attached hydrogens (tertiary/aromatic N) is 2. The van der Waals surface area contributed by atoms with E-state index in [0.717, 1.165) is 38.8 Å². The van der Waals surface area contributed by atoms with Crippen molar-refractivity contribution >= 4 is 0 Å². The van der Waals surface area contributed by atoms with E-state index in [-0.39, 0.29) is 0 Å². The SMILES string of the molecule is CCN1CCOC(CNC2CCN(C3CC3)C2)C1. The van der Waals surface area contributed by atoms with Crippen LogP contribution in [0.15, 0.2) is 0 Å². The van der Waals surface area contributed by atoms with Crippen molar-refractivity contribution in [1.29, 1.82) is 0 Å². The van der Waals surface area contributed by atoms with E-state index in [1.165, 1.54) is 32.4 Å². The molecule has 1 saturated carbocycles. The van der Waals surface area contributed by atoms with Gasteiger partial charge in [0.2, 0.25) is 0 Å². The largest absolute Gasteiger partial charge is 0.374 e. The number of morpholine rings is 1. The van der Waals surface area contributed by atoms with Gasteiger partial charge in [0.15, 0.2) is 0 Å². The van der Waals surface area contributed by atoms with Crippen LogP contribution in [-0.2, 0) is 4.74 Å². The molecule has 3 fully saturated rings. The molecule has 1 N–H and O–H groups in total. The van der Waals surface area contributed by atoms with Gasteiger partial charge in [0, 0.05) is 44.8 Å². The number of ether oxygens (including phenoxy) is 1. The fourth-order valence-electron chi connectivity index (χ4n) is 3.21. The summed E-state index contributed by atoms with van der Waals surface area (Å²) in [7, 11) is 0. The fraction of sp³-hybridized carbons (Fsp3) is 1.00. The van der Waals surface area contributed by atoms with Crippen molar-refractivity contribution in [3.63, 3.8) is 0 Å². The van der Waals surface area contributed by atoms with Gasteiger partial charge in [0.1, 0.15) is 0 Å². The lowest BCUT2D eigenvalue weighted by Gasteiger charge is -2.32. The Labute approximate surface area is 111 Å². The lowest BCUT2D eigenvalue weighted by molar-refractivity contribution is -0.0262. The number of likely N-dealkylation sites (tertiary alicyclic amines) is 1. The first-order valence-corrected chi connectivity index (χ1v) is 7.66. The standard InChI is InChI=1S/C14H27N3O/c1-2-16-7-8-18-14(11-16)9-15-12-5-6-17(10-12)13-3-4-13/h12-15H,2-11H2,1H3. The molecular formula is C14H27N3O. The lowest BCUT2D eigenvalue weighted by atomic mass is 10.2. The molecule has 18 heavy (non-hydrogen) atoms. The number of hydrogen-bond donors (Lipinski definition) is 1. The number of nitrogens with one attached hydrogen (secondary N) is 1. The van der Waals surface area contributed by atoms with Gasteiger partial charge in [-0.1, -0.05) is 6.92 Å². The van der Waals surface area contributed by atoms with Gasteiger partial charge in [0.25, 0.3) is 0 Å². The van der Waals surface area contributed by atoms with Crippen LogP contribution in [0.3, 0.4) is 0 Å². The molecule has 0 amide bonds. The van der Waals surface area contributed by atoms with Crippen LogP contribution in [0.1, 0.15) is 26.2 Å². The Kier molecular flexibility index (Phi) is 4.19. The molecule has 0 aromatic carbocycles. The Balaban J connectivity index is 1.36. The minimum absolute atomic E-state index is 0.397. The van der Waals surface area contributed by atoms with Crippen LogP contribution < -0.4 is 5.32 Å². The molecule has 3 aliphatic rings. The summed E-state index contributed by atoms with van der Waals surface area (Å²) in [6.45, 7) is 10.1. The predicted molar refractivity (Wildman–Crippen MR) is 72.9 cm³/mol. The summed E-state index contributed by atoms with van der Waals surface area (Å²) >= 11 is 0. The van der Waals surface area contributed by atoms with E-state index in [9.17, 15) is 0 Å². The minimum Gasteiger partial charge on any atom is -0.374 e. The average Bonchev–Trinajstić information content (AvgIpc) is 3.16. The lowest BCUT2D eigenvalue weighted by Crippen LogP contribution is -2.48. The highest BCUT2D eigenvalue weighted by Gasteiger charge is 2.34. The fourth-order valence-corrected chi connectivity index (χ4v) is 3.21. The molecule has 0 radical (unpaired) electrons. The normalized spacial score (nSPS) is 35.2. The number of hydrogen-bond acceptors (Lipinski definition) is 4. The third-order valence-electron chi connectivity index (χ3n) is 4.59. The van der Waals surface area contributed by atoms with Crippen molar-refractivity contribution < 1.29 is 4.74 Å². The van der Waals surface area contributed by atoms with Crippen LogP contribution in [0.5, 0.6) is 0 Å². The number of rotatable bonds is 5. The molecule has 0 spiro atoms. The van der Waals surface area contributed by atoms with Gasteiger partial charge in [-0.15, -0.1) is 0 Å². The van der Waals surface area contributed by atoms with Crippen LogP contribution >= 0.6 is 0 Å². The predicted octanol–water partition coefficient (Wildman–Crippen LogP) is 0.533. The van der Waals surface area contributed by atoms with Gasteiger partial charge in [-0.05, 0) is 25.8 Å². The Hall–Kier alpha value is -0.160. The molecule has 2 aliphatic heterocycles. The molecule has 2 saturated heterocycles. The van der Waals surface area contributed by atoms with E-state index >= 15 is 0 Å². The zero-order chi connectivity index (χ0) is 12.4. The number of likely N-dealkylation sites (N-methyl/N-ethyl adjacent to an activating group) is 1. The summed E-state index contributed by atoms with van der Waals surface area (Å²) < 4.78 is 5.84. The summed E-state index contributed by atoms with van der Waals surface area (Å²) in [6, 6.07) is 1.63. The highest BCUT2D eigenvalue weighted by atomic mass is 16.5. The maximum atomic E-state index is 5.84. The van der Waals surface area contributed by atoms with Crippen molar-refractivity contribution in [3.05, 3.63) is 0 Å². The molecular weight excluding hydrogens is 226 g/mol. The maximum absolute atomic E-state index is 5.84. The molecule has 4 nitrogen and oxygen atoms in total. The first-order chi connectivity index (χ1) is 8.85. The average molecular weight is 253 g/mol. The summed E-state index contributed by atoms with van der Waals surface area (Å²) in [5, 5.41) is 3.72. The van der Waals surface area contributed by atoms with Crippen LogP contribution in [0, 0.1) is 0 Å². The Bertz CT molecular complexity index is 270. The molecule has 3 rings (SSSR count). The van der Waals surface area contributed by atoms with Gasteiger partial charge in [-0.2, -0.15) is 0 Å². The van der Waals surface area contributed by atoms with Crippen LogP contribution in [0.25, 0.3) is 0 Å². The van der Waals surface area contributed by atoms with Crippen molar-refractivity contribution in [2.24, 2.45) is 0 Å². The van der Waals surface area contributed by atoms with Crippen molar-refractivity contribution in [2.45, 2.75) is 44.4 Å². The zero-order valence-corrected chi connectivity index (χ0v) is 11.6. The summed E-state index contributed by atoms with van der Waals surface area (Å²) in [6.07, 6.45) is 4.59. The minimum atomic E-state index is 0.397. The van der Waals surface area contributed by atoms with E-state index < -0.39 is 0 Å². The third-order valence-corrected chi connectivity index (χ3v) is 4.59.